The molecular formula is C42H43FN6O6S2. The van der Waals surface area contributed by atoms with E-state index in [1.165, 1.54) is 28.7 Å². The first-order valence-corrected chi connectivity index (χ1v) is 20.4. The van der Waals surface area contributed by atoms with Gasteiger partial charge in [0.2, 0.25) is 0 Å². The van der Waals surface area contributed by atoms with Gasteiger partial charge in [0.15, 0.2) is 27.5 Å². The quantitative estimate of drug-likeness (QED) is 0.109. The first kappa shape index (κ1) is 39.7. The fourth-order valence-electron chi connectivity index (χ4n) is 6.64. The second kappa shape index (κ2) is 17.3. The minimum Gasteiger partial charge on any atom is -0.491 e. The van der Waals surface area contributed by atoms with Gasteiger partial charge >= 0.3 is 12.1 Å². The van der Waals surface area contributed by atoms with Gasteiger partial charge < -0.3 is 24.4 Å². The van der Waals surface area contributed by atoms with Crippen LogP contribution in [0.5, 0.6) is 5.75 Å². The van der Waals surface area contributed by atoms with Crippen molar-refractivity contribution in [1.29, 1.82) is 0 Å². The molecule has 0 bridgehead atoms. The number of carboxylic acids is 1. The molecule has 2 aliphatic rings. The van der Waals surface area contributed by atoms with E-state index in [9.17, 15) is 23.9 Å². The summed E-state index contributed by atoms with van der Waals surface area (Å²) in [6.45, 7) is 9.70. The summed E-state index contributed by atoms with van der Waals surface area (Å²) in [5.41, 5.74) is 3.28. The molecule has 4 heterocycles. The molecule has 0 spiro atoms. The van der Waals surface area contributed by atoms with Crippen molar-refractivity contribution in [3.63, 3.8) is 0 Å². The van der Waals surface area contributed by atoms with Gasteiger partial charge in [-0.1, -0.05) is 47.4 Å². The third-order valence-corrected chi connectivity index (χ3v) is 11.6. The van der Waals surface area contributed by atoms with Gasteiger partial charge in [-0.05, 0) is 87.6 Å². The van der Waals surface area contributed by atoms with Crippen molar-refractivity contribution in [2.45, 2.75) is 52.2 Å². The number of hydrogen-bond acceptors (Lipinski definition) is 11. The number of fused-ring (bicyclic) bond motifs is 2. The summed E-state index contributed by atoms with van der Waals surface area (Å²) >= 11 is 2.73. The Bertz CT molecular complexity index is 2320. The molecule has 0 radical (unpaired) electrons. The summed E-state index contributed by atoms with van der Waals surface area (Å²) < 4.78 is 27.1. The highest BCUT2D eigenvalue weighted by atomic mass is 32.1. The highest BCUT2D eigenvalue weighted by Gasteiger charge is 2.28. The molecule has 5 aromatic rings. The molecule has 2 aliphatic heterocycles. The van der Waals surface area contributed by atoms with Gasteiger partial charge in [0.1, 0.15) is 5.60 Å². The number of aromatic nitrogens is 2. The molecule has 2 aromatic heterocycles. The number of halogens is 1. The van der Waals surface area contributed by atoms with Crippen LogP contribution >= 0.6 is 22.7 Å². The zero-order valence-corrected chi connectivity index (χ0v) is 33.6. The Balaban J connectivity index is 0.910. The van der Waals surface area contributed by atoms with E-state index in [0.29, 0.717) is 91.3 Å². The van der Waals surface area contributed by atoms with Crippen LogP contribution in [0, 0.1) is 17.7 Å². The number of carboxylic acid groups (broad SMARTS) is 1. The van der Waals surface area contributed by atoms with Crippen molar-refractivity contribution in [2.24, 2.45) is 0 Å². The Morgan fingerprint density at radius 2 is 1.79 bits per heavy atom. The normalized spacial score (nSPS) is 14.5. The van der Waals surface area contributed by atoms with E-state index >= 15 is 0 Å². The van der Waals surface area contributed by atoms with Crippen LogP contribution in [-0.2, 0) is 24.1 Å². The number of ether oxygens (including phenoxy) is 2. The molecule has 2 N–H and O–H groups in total. The lowest BCUT2D eigenvalue weighted by atomic mass is 9.94. The Morgan fingerprint density at radius 1 is 0.982 bits per heavy atom. The van der Waals surface area contributed by atoms with E-state index in [0.717, 1.165) is 21.3 Å². The summed E-state index contributed by atoms with van der Waals surface area (Å²) in [7, 11) is 0. The smallest absolute Gasteiger partial charge is 0.410 e. The lowest BCUT2D eigenvalue weighted by molar-refractivity contribution is 0.0155. The van der Waals surface area contributed by atoms with Gasteiger partial charge in [0, 0.05) is 55.3 Å². The standard InChI is InChI=1S/C42H43FN6O6S2/c1-42(2,3)55-41(53)48-22-20-47(21-23-48)18-7-9-27-15-16-33(31(43)25-27)54-24-8-14-35-36(38(51)52)45-40(57-35)49-19-17-28-10-6-11-29(30(28)26-49)37(50)46-39-44-32-12-4-5-13-34(32)56-39/h4-6,10-13,15-16,25H,8,14,17-24,26H2,1-3H3,(H,51,52)(H,44,46,50). The monoisotopic (exact) mass is 810 g/mol. The SMILES string of the molecule is CC(C)(C)OC(=O)N1CCN(CC#Cc2ccc(OCCCc3sc(N4CCc5cccc(C(=O)Nc6nc7ccccc7s6)c5C4)nc3C(=O)O)c(F)c2)CC1. The number of carbonyl (C=O) groups is 3. The van der Waals surface area contributed by atoms with Gasteiger partial charge in [-0.15, -0.1) is 11.3 Å². The highest BCUT2D eigenvalue weighted by molar-refractivity contribution is 7.22. The third kappa shape index (κ3) is 9.88. The lowest BCUT2D eigenvalue weighted by Gasteiger charge is -2.34. The second-order valence-corrected chi connectivity index (χ2v) is 16.9. The molecule has 2 amide bonds. The number of carbonyl (C=O) groups excluding carboxylic acids is 2. The van der Waals surface area contributed by atoms with Crippen LogP contribution in [0.4, 0.5) is 19.4 Å². The van der Waals surface area contributed by atoms with Crippen LogP contribution in [0.1, 0.15) is 69.6 Å². The van der Waals surface area contributed by atoms with E-state index in [-0.39, 0.29) is 30.1 Å². The van der Waals surface area contributed by atoms with Crippen molar-refractivity contribution in [1.82, 2.24) is 19.8 Å². The maximum Gasteiger partial charge on any atom is 0.410 e. The topological polar surface area (TPSA) is 137 Å². The van der Waals surface area contributed by atoms with Gasteiger partial charge in [-0.2, -0.15) is 0 Å². The Morgan fingerprint density at radius 3 is 2.54 bits per heavy atom. The van der Waals surface area contributed by atoms with Crippen LogP contribution in [0.15, 0.2) is 60.7 Å². The van der Waals surface area contributed by atoms with Gasteiger partial charge in [0.25, 0.3) is 5.91 Å². The van der Waals surface area contributed by atoms with Crippen molar-refractivity contribution in [2.75, 3.05) is 56.1 Å². The van der Waals surface area contributed by atoms with Crippen molar-refractivity contribution >= 4 is 61.1 Å². The third-order valence-electron chi connectivity index (χ3n) is 9.49. The maximum atomic E-state index is 15.0. The average Bonchev–Trinajstić information content (AvgIpc) is 3.80. The number of aryl methyl sites for hydroxylation is 1. The van der Waals surface area contributed by atoms with Crippen molar-refractivity contribution < 1.29 is 33.4 Å². The molecule has 15 heteroatoms. The van der Waals surface area contributed by atoms with Crippen LogP contribution < -0.4 is 15.0 Å². The van der Waals surface area contributed by atoms with Crippen LogP contribution in [0.2, 0.25) is 0 Å². The zero-order valence-electron chi connectivity index (χ0n) is 32.0. The number of piperazine rings is 1. The molecule has 57 heavy (non-hydrogen) atoms. The first-order valence-electron chi connectivity index (χ1n) is 18.8. The van der Waals surface area contributed by atoms with Crippen molar-refractivity contribution in [3.05, 3.63) is 99.3 Å². The molecule has 1 saturated heterocycles. The number of nitrogens with one attached hydrogen (secondary N) is 1. The predicted octanol–water partition coefficient (Wildman–Crippen LogP) is 7.32. The number of amides is 2. The van der Waals surface area contributed by atoms with Gasteiger partial charge in [0.05, 0.1) is 23.4 Å². The number of benzene rings is 3. The Hall–Kier alpha value is -5.56. The predicted molar refractivity (Wildman–Crippen MR) is 219 cm³/mol. The number of aromatic carboxylic acids is 1. The molecule has 0 unspecified atom stereocenters. The fourth-order valence-corrected chi connectivity index (χ4v) is 8.62. The van der Waals surface area contributed by atoms with E-state index in [2.05, 4.69) is 32.0 Å². The summed E-state index contributed by atoms with van der Waals surface area (Å²) in [6, 6.07) is 18.0. The average molecular weight is 811 g/mol. The number of nitrogens with zero attached hydrogens (tertiary/aromatic N) is 5. The first-order chi connectivity index (χ1) is 27.4. The number of hydrogen-bond donors (Lipinski definition) is 2. The summed E-state index contributed by atoms with van der Waals surface area (Å²) in [6.07, 6.45) is 1.20. The van der Waals surface area contributed by atoms with Crippen LogP contribution in [0.3, 0.4) is 0 Å². The molecule has 0 atom stereocenters. The highest BCUT2D eigenvalue weighted by Crippen LogP contribution is 2.33. The van der Waals surface area contributed by atoms with E-state index in [1.807, 2.05) is 62.1 Å². The van der Waals surface area contributed by atoms with E-state index in [1.54, 1.807) is 23.1 Å². The number of anilines is 2. The maximum absolute atomic E-state index is 15.0. The Labute approximate surface area is 338 Å². The molecule has 0 saturated carbocycles. The summed E-state index contributed by atoms with van der Waals surface area (Å²) in [5.74, 6) is 4.30. The molecule has 0 aliphatic carbocycles. The number of thiazole rings is 2. The van der Waals surface area contributed by atoms with E-state index < -0.39 is 17.4 Å². The molecule has 296 valence electrons. The van der Waals surface area contributed by atoms with Crippen LogP contribution in [-0.4, -0.2) is 94.3 Å². The zero-order chi connectivity index (χ0) is 40.1. The molecule has 12 nitrogen and oxygen atoms in total. The number of para-hydroxylation sites is 1. The van der Waals surface area contributed by atoms with Gasteiger partial charge in [-0.3, -0.25) is 15.0 Å². The second-order valence-electron chi connectivity index (χ2n) is 14.8. The number of rotatable bonds is 10. The minimum atomic E-state index is -1.12. The molecule has 3 aromatic carbocycles. The molecule has 7 rings (SSSR count). The Kier molecular flexibility index (Phi) is 12.0. The molecular weight excluding hydrogens is 768 g/mol. The fraction of sp³-hybridized carbons (Fsp3) is 0.357. The minimum absolute atomic E-state index is 0.0123. The largest absolute Gasteiger partial charge is 0.491 e. The van der Waals surface area contributed by atoms with Gasteiger partial charge in [-0.25, -0.2) is 23.9 Å². The molecule has 1 fully saturated rings. The summed E-state index contributed by atoms with van der Waals surface area (Å²) in [4.78, 5) is 53.5. The summed E-state index contributed by atoms with van der Waals surface area (Å²) in [5, 5.41) is 14.0. The van der Waals surface area contributed by atoms with Crippen molar-refractivity contribution in [3.8, 4) is 17.6 Å². The van der Waals surface area contributed by atoms with E-state index in [4.69, 9.17) is 9.47 Å². The van der Waals surface area contributed by atoms with Crippen LogP contribution in [0.25, 0.3) is 10.2 Å². The lowest BCUT2D eigenvalue weighted by Crippen LogP contribution is -2.50.